The Labute approximate surface area is 119 Å². The molecular formula is C14H22N4O2. The van der Waals surface area contributed by atoms with Gasteiger partial charge in [0.25, 0.3) is 0 Å². The van der Waals surface area contributed by atoms with Crippen molar-refractivity contribution >= 4 is 5.91 Å². The maximum Gasteiger partial charge on any atom is 0.217 e. The third-order valence-electron chi connectivity index (χ3n) is 4.16. The highest BCUT2D eigenvalue weighted by Gasteiger charge is 2.29. The molecule has 1 unspecified atom stereocenters. The summed E-state index contributed by atoms with van der Waals surface area (Å²) in [6.07, 6.45) is 1.17. The molecule has 0 spiro atoms. The van der Waals surface area contributed by atoms with Crippen molar-refractivity contribution in [1.82, 2.24) is 20.0 Å². The second-order valence-corrected chi connectivity index (χ2v) is 5.80. The summed E-state index contributed by atoms with van der Waals surface area (Å²) in [5.74, 6) is 0.651. The van der Waals surface area contributed by atoms with Gasteiger partial charge in [-0.2, -0.15) is 5.10 Å². The molecule has 0 aromatic carbocycles. The molecule has 0 bridgehead atoms. The SMILES string of the molecule is CC(=O)NCc1nn(C)c2c1CN(CC1CCOC1)C2. The molecule has 0 radical (unpaired) electrons. The Bertz CT molecular complexity index is 506. The number of rotatable bonds is 4. The largest absolute Gasteiger partial charge is 0.381 e. The van der Waals surface area contributed by atoms with Crippen molar-refractivity contribution in [2.75, 3.05) is 19.8 Å². The minimum absolute atomic E-state index is 0.0117. The normalized spacial score (nSPS) is 22.2. The summed E-state index contributed by atoms with van der Waals surface area (Å²) in [6, 6.07) is 0. The molecule has 2 aliphatic heterocycles. The summed E-state index contributed by atoms with van der Waals surface area (Å²) in [5, 5.41) is 7.36. The van der Waals surface area contributed by atoms with Gasteiger partial charge in [-0.25, -0.2) is 0 Å². The smallest absolute Gasteiger partial charge is 0.217 e. The average molecular weight is 278 g/mol. The maximum absolute atomic E-state index is 11.0. The zero-order chi connectivity index (χ0) is 14.1. The van der Waals surface area contributed by atoms with Gasteiger partial charge >= 0.3 is 0 Å². The van der Waals surface area contributed by atoms with E-state index in [0.717, 1.165) is 38.5 Å². The molecule has 20 heavy (non-hydrogen) atoms. The van der Waals surface area contributed by atoms with Crippen molar-refractivity contribution in [3.63, 3.8) is 0 Å². The molecule has 0 aliphatic carbocycles. The standard InChI is InChI=1S/C14H22N4O2/c1-10(19)15-5-13-12-7-18(6-11-3-4-20-9-11)8-14(12)17(2)16-13/h11H,3-9H2,1-2H3,(H,15,19). The number of hydrogen-bond donors (Lipinski definition) is 1. The lowest BCUT2D eigenvalue weighted by atomic mass is 10.1. The molecule has 1 saturated heterocycles. The van der Waals surface area contributed by atoms with Gasteiger partial charge in [0.2, 0.25) is 5.91 Å². The van der Waals surface area contributed by atoms with Crippen LogP contribution in [0.15, 0.2) is 0 Å². The Kier molecular flexibility index (Phi) is 3.76. The zero-order valence-electron chi connectivity index (χ0n) is 12.2. The summed E-state index contributed by atoms with van der Waals surface area (Å²) >= 11 is 0. The fraction of sp³-hybridized carbons (Fsp3) is 0.714. The highest BCUT2D eigenvalue weighted by molar-refractivity contribution is 5.72. The number of hydrogen-bond acceptors (Lipinski definition) is 4. The third kappa shape index (κ3) is 2.71. The van der Waals surface area contributed by atoms with E-state index in [-0.39, 0.29) is 5.91 Å². The van der Waals surface area contributed by atoms with Crippen molar-refractivity contribution < 1.29 is 9.53 Å². The zero-order valence-corrected chi connectivity index (χ0v) is 12.2. The Morgan fingerprint density at radius 3 is 3.05 bits per heavy atom. The van der Waals surface area contributed by atoms with Crippen LogP contribution >= 0.6 is 0 Å². The third-order valence-corrected chi connectivity index (χ3v) is 4.16. The predicted molar refractivity (Wildman–Crippen MR) is 73.8 cm³/mol. The van der Waals surface area contributed by atoms with Crippen LogP contribution in [0.25, 0.3) is 0 Å². The molecule has 1 N–H and O–H groups in total. The molecule has 1 fully saturated rings. The van der Waals surface area contributed by atoms with Crippen LogP contribution in [0.4, 0.5) is 0 Å². The van der Waals surface area contributed by atoms with E-state index in [0.29, 0.717) is 12.5 Å². The van der Waals surface area contributed by atoms with Gasteiger partial charge in [0.15, 0.2) is 0 Å². The summed E-state index contributed by atoms with van der Waals surface area (Å²) in [4.78, 5) is 13.5. The van der Waals surface area contributed by atoms with Crippen LogP contribution in [-0.4, -0.2) is 40.3 Å². The summed E-state index contributed by atoms with van der Waals surface area (Å²) in [6.45, 7) is 6.84. The number of aromatic nitrogens is 2. The van der Waals surface area contributed by atoms with Crippen LogP contribution in [0.5, 0.6) is 0 Å². The van der Waals surface area contributed by atoms with Crippen molar-refractivity contribution in [2.45, 2.75) is 33.0 Å². The molecule has 6 nitrogen and oxygen atoms in total. The highest BCUT2D eigenvalue weighted by Crippen LogP contribution is 2.27. The number of ether oxygens (including phenoxy) is 1. The van der Waals surface area contributed by atoms with E-state index in [1.54, 1.807) is 0 Å². The maximum atomic E-state index is 11.0. The monoisotopic (exact) mass is 278 g/mol. The van der Waals surface area contributed by atoms with Gasteiger partial charge in [0.1, 0.15) is 0 Å². The van der Waals surface area contributed by atoms with E-state index in [1.165, 1.54) is 24.6 Å². The number of nitrogens with one attached hydrogen (secondary N) is 1. The Balaban J connectivity index is 1.65. The van der Waals surface area contributed by atoms with Crippen molar-refractivity contribution in [2.24, 2.45) is 13.0 Å². The molecule has 1 aromatic rings. The first kappa shape index (κ1) is 13.6. The quantitative estimate of drug-likeness (QED) is 0.866. The molecule has 1 aromatic heterocycles. The minimum Gasteiger partial charge on any atom is -0.381 e. The molecule has 0 saturated carbocycles. The van der Waals surface area contributed by atoms with Gasteiger partial charge in [-0.1, -0.05) is 0 Å². The van der Waals surface area contributed by atoms with Gasteiger partial charge in [0.05, 0.1) is 24.5 Å². The lowest BCUT2D eigenvalue weighted by Gasteiger charge is -2.19. The fourth-order valence-corrected chi connectivity index (χ4v) is 3.11. The molecule has 6 heteroatoms. The summed E-state index contributed by atoms with van der Waals surface area (Å²) < 4.78 is 7.40. The first-order chi connectivity index (χ1) is 9.63. The molecule has 2 aliphatic rings. The minimum atomic E-state index is -0.0117. The lowest BCUT2D eigenvalue weighted by Crippen LogP contribution is -2.26. The van der Waals surface area contributed by atoms with Crippen molar-refractivity contribution in [1.29, 1.82) is 0 Å². The van der Waals surface area contributed by atoms with E-state index < -0.39 is 0 Å². The van der Waals surface area contributed by atoms with Gasteiger partial charge in [-0.05, 0) is 12.3 Å². The summed E-state index contributed by atoms with van der Waals surface area (Å²) in [5.41, 5.74) is 3.58. The van der Waals surface area contributed by atoms with E-state index in [1.807, 2.05) is 11.7 Å². The van der Waals surface area contributed by atoms with Crippen LogP contribution in [0.1, 0.15) is 30.3 Å². The van der Waals surface area contributed by atoms with E-state index >= 15 is 0 Å². The lowest BCUT2D eigenvalue weighted by molar-refractivity contribution is -0.119. The van der Waals surface area contributed by atoms with E-state index in [9.17, 15) is 4.79 Å². The van der Waals surface area contributed by atoms with Crippen LogP contribution in [0, 0.1) is 5.92 Å². The Hall–Kier alpha value is -1.40. The fourth-order valence-electron chi connectivity index (χ4n) is 3.11. The number of carbonyl (C=O) groups is 1. The van der Waals surface area contributed by atoms with Crippen molar-refractivity contribution in [3.05, 3.63) is 17.0 Å². The van der Waals surface area contributed by atoms with Gasteiger partial charge in [-0.3, -0.25) is 14.4 Å². The van der Waals surface area contributed by atoms with Gasteiger partial charge in [-0.15, -0.1) is 0 Å². The topological polar surface area (TPSA) is 59.4 Å². The van der Waals surface area contributed by atoms with Crippen LogP contribution in [-0.2, 0) is 36.2 Å². The predicted octanol–water partition coefficient (Wildman–Crippen LogP) is 0.408. The number of amides is 1. The van der Waals surface area contributed by atoms with Crippen LogP contribution in [0.3, 0.4) is 0 Å². The van der Waals surface area contributed by atoms with Crippen LogP contribution < -0.4 is 5.32 Å². The van der Waals surface area contributed by atoms with E-state index in [4.69, 9.17) is 4.74 Å². The van der Waals surface area contributed by atoms with Gasteiger partial charge in [0, 0.05) is 45.8 Å². The van der Waals surface area contributed by atoms with Gasteiger partial charge < -0.3 is 10.1 Å². The highest BCUT2D eigenvalue weighted by atomic mass is 16.5. The Morgan fingerprint density at radius 1 is 1.50 bits per heavy atom. The average Bonchev–Trinajstić information content (AvgIpc) is 3.08. The van der Waals surface area contributed by atoms with Crippen molar-refractivity contribution in [3.8, 4) is 0 Å². The number of nitrogens with zero attached hydrogens (tertiary/aromatic N) is 3. The second kappa shape index (κ2) is 5.54. The van der Waals surface area contributed by atoms with Crippen LogP contribution in [0.2, 0.25) is 0 Å². The molecule has 3 heterocycles. The number of aryl methyl sites for hydroxylation is 1. The molecule has 3 rings (SSSR count). The second-order valence-electron chi connectivity index (χ2n) is 5.80. The number of carbonyl (C=O) groups excluding carboxylic acids is 1. The number of fused-ring (bicyclic) bond motifs is 1. The first-order valence-electron chi connectivity index (χ1n) is 7.21. The molecule has 110 valence electrons. The molecule has 1 amide bonds. The summed E-state index contributed by atoms with van der Waals surface area (Å²) in [7, 11) is 1.98. The Morgan fingerprint density at radius 2 is 2.35 bits per heavy atom. The molecule has 1 atom stereocenters. The first-order valence-corrected chi connectivity index (χ1v) is 7.21. The van der Waals surface area contributed by atoms with E-state index in [2.05, 4.69) is 15.3 Å². The molecular weight excluding hydrogens is 256 g/mol.